The number of likely N-dealkylation sites (tertiary alicyclic amines) is 1. The van der Waals surface area contributed by atoms with Gasteiger partial charge in [-0.3, -0.25) is 9.69 Å². The molecule has 1 aliphatic heterocycles. The first-order valence-corrected chi connectivity index (χ1v) is 7.70. The third-order valence-electron chi connectivity index (χ3n) is 4.01. The number of rotatable bonds is 6. The summed E-state index contributed by atoms with van der Waals surface area (Å²) in [7, 11) is 0. The lowest BCUT2D eigenvalue weighted by Crippen LogP contribution is -2.54. The highest BCUT2D eigenvalue weighted by Gasteiger charge is 2.30. The first-order valence-electron chi connectivity index (χ1n) is 7.70. The van der Waals surface area contributed by atoms with Crippen molar-refractivity contribution >= 4 is 5.91 Å². The lowest BCUT2D eigenvalue weighted by Gasteiger charge is -2.39. The minimum Gasteiger partial charge on any atom is -0.354 e. The average Bonchev–Trinajstić information content (AvgIpc) is 2.37. The topological polar surface area (TPSA) is 44.4 Å². The van der Waals surface area contributed by atoms with E-state index in [1.165, 1.54) is 0 Å². The lowest BCUT2D eigenvalue weighted by molar-refractivity contribution is -0.126. The molecule has 3 unspecified atom stereocenters. The average molecular weight is 269 g/mol. The molecule has 0 aromatic heterocycles. The van der Waals surface area contributed by atoms with Crippen LogP contribution in [0, 0.1) is 11.8 Å². The van der Waals surface area contributed by atoms with Crippen LogP contribution in [0.5, 0.6) is 0 Å². The summed E-state index contributed by atoms with van der Waals surface area (Å²) in [6, 6.07) is 0.593. The maximum Gasteiger partial charge on any atom is 0.237 e. The van der Waals surface area contributed by atoms with Gasteiger partial charge in [-0.15, -0.1) is 0 Å². The van der Waals surface area contributed by atoms with Gasteiger partial charge in [-0.05, 0) is 31.7 Å². The molecular formula is C15H31N3O. The van der Waals surface area contributed by atoms with E-state index in [1.54, 1.807) is 0 Å². The molecule has 0 spiro atoms. The molecule has 0 aromatic carbocycles. The first kappa shape index (κ1) is 16.4. The number of nitrogens with one attached hydrogen (secondary N) is 2. The number of amides is 1. The van der Waals surface area contributed by atoms with E-state index in [0.29, 0.717) is 17.9 Å². The van der Waals surface area contributed by atoms with E-state index in [4.69, 9.17) is 0 Å². The maximum absolute atomic E-state index is 12.1. The fourth-order valence-corrected chi connectivity index (χ4v) is 2.71. The van der Waals surface area contributed by atoms with Crippen LogP contribution in [0.25, 0.3) is 0 Å². The van der Waals surface area contributed by atoms with Crippen molar-refractivity contribution in [3.8, 4) is 0 Å². The maximum atomic E-state index is 12.1. The number of carbonyl (C=O) groups is 1. The molecule has 4 nitrogen and oxygen atoms in total. The molecule has 3 atom stereocenters. The Kier molecular flexibility index (Phi) is 6.80. The van der Waals surface area contributed by atoms with Crippen LogP contribution in [0.1, 0.15) is 41.0 Å². The summed E-state index contributed by atoms with van der Waals surface area (Å²) in [6.45, 7) is 14.5. The Labute approximate surface area is 118 Å². The molecule has 0 radical (unpaired) electrons. The van der Waals surface area contributed by atoms with Crippen LogP contribution < -0.4 is 10.6 Å². The van der Waals surface area contributed by atoms with E-state index < -0.39 is 0 Å². The number of carbonyl (C=O) groups excluding carboxylic acids is 1. The first-order chi connectivity index (χ1) is 8.95. The second kappa shape index (κ2) is 7.85. The molecule has 1 fully saturated rings. The summed E-state index contributed by atoms with van der Waals surface area (Å²) in [5, 5.41) is 6.57. The Morgan fingerprint density at radius 3 is 2.58 bits per heavy atom. The number of hydrogen-bond acceptors (Lipinski definition) is 3. The fraction of sp³-hybridized carbons (Fsp3) is 0.933. The molecule has 112 valence electrons. The van der Waals surface area contributed by atoms with Gasteiger partial charge in [-0.2, -0.15) is 0 Å². The van der Waals surface area contributed by atoms with Crippen molar-refractivity contribution in [3.63, 3.8) is 0 Å². The van der Waals surface area contributed by atoms with Crippen LogP contribution >= 0.6 is 0 Å². The van der Waals surface area contributed by atoms with E-state index in [-0.39, 0.29) is 11.9 Å². The van der Waals surface area contributed by atoms with Crippen molar-refractivity contribution in [1.82, 2.24) is 15.5 Å². The SMILES string of the molecule is CCNC1CCN(C(C)C(=O)NCC(C)C)CC1C. The summed E-state index contributed by atoms with van der Waals surface area (Å²) in [5.41, 5.74) is 0. The van der Waals surface area contributed by atoms with Gasteiger partial charge in [-0.25, -0.2) is 0 Å². The molecule has 1 saturated heterocycles. The Hall–Kier alpha value is -0.610. The van der Waals surface area contributed by atoms with Gasteiger partial charge >= 0.3 is 0 Å². The van der Waals surface area contributed by atoms with E-state index in [9.17, 15) is 4.79 Å². The zero-order chi connectivity index (χ0) is 14.4. The molecule has 1 heterocycles. The highest BCUT2D eigenvalue weighted by molar-refractivity contribution is 5.81. The van der Waals surface area contributed by atoms with Crippen molar-refractivity contribution in [1.29, 1.82) is 0 Å². The number of nitrogens with zero attached hydrogens (tertiary/aromatic N) is 1. The number of hydrogen-bond donors (Lipinski definition) is 2. The Morgan fingerprint density at radius 1 is 1.37 bits per heavy atom. The summed E-state index contributed by atoms with van der Waals surface area (Å²) < 4.78 is 0. The summed E-state index contributed by atoms with van der Waals surface area (Å²) >= 11 is 0. The van der Waals surface area contributed by atoms with E-state index in [0.717, 1.165) is 32.6 Å². The van der Waals surface area contributed by atoms with Gasteiger partial charge in [0.1, 0.15) is 0 Å². The molecular weight excluding hydrogens is 238 g/mol. The fourth-order valence-electron chi connectivity index (χ4n) is 2.71. The van der Waals surface area contributed by atoms with E-state index in [1.807, 2.05) is 6.92 Å². The van der Waals surface area contributed by atoms with Crippen LogP contribution in [-0.4, -0.2) is 49.1 Å². The van der Waals surface area contributed by atoms with Crippen molar-refractivity contribution in [3.05, 3.63) is 0 Å². The highest BCUT2D eigenvalue weighted by Crippen LogP contribution is 2.18. The molecule has 19 heavy (non-hydrogen) atoms. The van der Waals surface area contributed by atoms with Crippen LogP contribution in [0.3, 0.4) is 0 Å². The van der Waals surface area contributed by atoms with Crippen LogP contribution in [-0.2, 0) is 4.79 Å². The van der Waals surface area contributed by atoms with Crippen molar-refractivity contribution in [2.75, 3.05) is 26.2 Å². The zero-order valence-electron chi connectivity index (χ0n) is 13.2. The van der Waals surface area contributed by atoms with Gasteiger partial charge in [0.2, 0.25) is 5.91 Å². The molecule has 1 rings (SSSR count). The third-order valence-corrected chi connectivity index (χ3v) is 4.01. The zero-order valence-corrected chi connectivity index (χ0v) is 13.2. The predicted octanol–water partition coefficient (Wildman–Crippen LogP) is 1.47. The van der Waals surface area contributed by atoms with Gasteiger partial charge in [0, 0.05) is 25.7 Å². The van der Waals surface area contributed by atoms with Crippen LogP contribution in [0.4, 0.5) is 0 Å². The Bertz CT molecular complexity index is 281. The van der Waals surface area contributed by atoms with Gasteiger partial charge in [0.15, 0.2) is 0 Å². The van der Waals surface area contributed by atoms with Crippen molar-refractivity contribution in [2.45, 2.75) is 53.1 Å². The van der Waals surface area contributed by atoms with Crippen molar-refractivity contribution < 1.29 is 4.79 Å². The van der Waals surface area contributed by atoms with Gasteiger partial charge in [0.05, 0.1) is 6.04 Å². The largest absolute Gasteiger partial charge is 0.354 e. The van der Waals surface area contributed by atoms with Crippen molar-refractivity contribution in [2.24, 2.45) is 11.8 Å². The molecule has 4 heteroatoms. The van der Waals surface area contributed by atoms with Gasteiger partial charge in [0.25, 0.3) is 0 Å². The Balaban J connectivity index is 2.42. The standard InChI is InChI=1S/C15H31N3O/c1-6-16-14-7-8-18(10-12(14)4)13(5)15(19)17-9-11(2)3/h11-14,16H,6-10H2,1-5H3,(H,17,19). The van der Waals surface area contributed by atoms with Crippen LogP contribution in [0.2, 0.25) is 0 Å². The quantitative estimate of drug-likeness (QED) is 0.767. The van der Waals surface area contributed by atoms with Gasteiger partial charge < -0.3 is 10.6 Å². The van der Waals surface area contributed by atoms with Crippen LogP contribution in [0.15, 0.2) is 0 Å². The lowest BCUT2D eigenvalue weighted by atomic mass is 9.93. The third kappa shape index (κ3) is 5.11. The second-order valence-corrected chi connectivity index (χ2v) is 6.24. The summed E-state index contributed by atoms with van der Waals surface area (Å²) in [4.78, 5) is 14.4. The molecule has 0 bridgehead atoms. The van der Waals surface area contributed by atoms with E-state index in [2.05, 4.69) is 43.2 Å². The number of piperidine rings is 1. The van der Waals surface area contributed by atoms with Gasteiger partial charge in [-0.1, -0.05) is 27.7 Å². The molecule has 0 saturated carbocycles. The molecule has 1 amide bonds. The van der Waals surface area contributed by atoms with E-state index >= 15 is 0 Å². The molecule has 2 N–H and O–H groups in total. The molecule has 0 aliphatic carbocycles. The smallest absolute Gasteiger partial charge is 0.237 e. The monoisotopic (exact) mass is 269 g/mol. The normalized spacial score (nSPS) is 26.4. The second-order valence-electron chi connectivity index (χ2n) is 6.24. The minimum absolute atomic E-state index is 0.0104. The molecule has 0 aromatic rings. The molecule has 1 aliphatic rings. The summed E-state index contributed by atoms with van der Waals surface area (Å²) in [6.07, 6.45) is 1.14. The predicted molar refractivity (Wildman–Crippen MR) is 80.1 cm³/mol. The Morgan fingerprint density at radius 2 is 2.05 bits per heavy atom. The highest BCUT2D eigenvalue weighted by atomic mass is 16.2. The summed E-state index contributed by atoms with van der Waals surface area (Å²) in [5.74, 6) is 1.28. The minimum atomic E-state index is -0.0104.